The standard InChI is InChI=1S/C22H27N3O2/c1-17-5-7-18(8-6-17)25-13-11-24(12-14-25)15-16-27-21-4-2-3-20-19(21)9-10-22(26)23-20/h2-8H,9-16H2,1H3,(H,23,26). The van der Waals surface area contributed by atoms with Crippen molar-refractivity contribution in [3.63, 3.8) is 0 Å². The van der Waals surface area contributed by atoms with Gasteiger partial charge in [0.05, 0.1) is 0 Å². The molecule has 0 aliphatic carbocycles. The topological polar surface area (TPSA) is 44.8 Å². The van der Waals surface area contributed by atoms with Gasteiger partial charge in [-0.1, -0.05) is 23.8 Å². The van der Waals surface area contributed by atoms with E-state index in [1.54, 1.807) is 0 Å². The summed E-state index contributed by atoms with van der Waals surface area (Å²) in [7, 11) is 0. The van der Waals surface area contributed by atoms with Gasteiger partial charge < -0.3 is 15.0 Å². The van der Waals surface area contributed by atoms with Crippen molar-refractivity contribution < 1.29 is 9.53 Å². The summed E-state index contributed by atoms with van der Waals surface area (Å²) in [5, 5.41) is 2.93. The lowest BCUT2D eigenvalue weighted by atomic mass is 10.0. The Balaban J connectivity index is 1.26. The van der Waals surface area contributed by atoms with E-state index in [-0.39, 0.29) is 5.91 Å². The highest BCUT2D eigenvalue weighted by atomic mass is 16.5. The highest BCUT2D eigenvalue weighted by Gasteiger charge is 2.19. The number of anilines is 2. The fourth-order valence-corrected chi connectivity index (χ4v) is 3.80. The van der Waals surface area contributed by atoms with E-state index in [0.29, 0.717) is 13.0 Å². The molecule has 2 aromatic carbocycles. The Kier molecular flexibility index (Phi) is 5.30. The number of rotatable bonds is 5. The lowest BCUT2D eigenvalue weighted by Gasteiger charge is -2.36. The molecule has 0 saturated carbocycles. The molecule has 2 aromatic rings. The fourth-order valence-electron chi connectivity index (χ4n) is 3.80. The lowest BCUT2D eigenvalue weighted by Crippen LogP contribution is -2.47. The molecule has 0 atom stereocenters. The Morgan fingerprint density at radius 1 is 1.00 bits per heavy atom. The van der Waals surface area contributed by atoms with Crippen LogP contribution in [0.25, 0.3) is 0 Å². The Labute approximate surface area is 160 Å². The van der Waals surface area contributed by atoms with Crippen molar-refractivity contribution in [3.05, 3.63) is 53.6 Å². The van der Waals surface area contributed by atoms with Crippen LogP contribution in [0.15, 0.2) is 42.5 Å². The van der Waals surface area contributed by atoms with E-state index in [1.807, 2.05) is 18.2 Å². The monoisotopic (exact) mass is 365 g/mol. The SMILES string of the molecule is Cc1ccc(N2CCN(CCOc3cccc4c3CCC(=O)N4)CC2)cc1. The van der Waals surface area contributed by atoms with E-state index >= 15 is 0 Å². The van der Waals surface area contributed by atoms with Gasteiger partial charge in [0.25, 0.3) is 0 Å². The summed E-state index contributed by atoms with van der Waals surface area (Å²) in [4.78, 5) is 16.5. The molecule has 5 nitrogen and oxygen atoms in total. The van der Waals surface area contributed by atoms with E-state index in [0.717, 1.165) is 56.1 Å². The van der Waals surface area contributed by atoms with E-state index in [9.17, 15) is 4.79 Å². The van der Waals surface area contributed by atoms with Crippen molar-refractivity contribution in [2.75, 3.05) is 49.5 Å². The lowest BCUT2D eigenvalue weighted by molar-refractivity contribution is -0.116. The van der Waals surface area contributed by atoms with Gasteiger partial charge in [-0.3, -0.25) is 9.69 Å². The van der Waals surface area contributed by atoms with Crippen molar-refractivity contribution in [2.45, 2.75) is 19.8 Å². The quantitative estimate of drug-likeness (QED) is 0.884. The van der Waals surface area contributed by atoms with Crippen molar-refractivity contribution in [1.82, 2.24) is 4.90 Å². The highest BCUT2D eigenvalue weighted by molar-refractivity contribution is 5.94. The van der Waals surface area contributed by atoms with E-state index < -0.39 is 0 Å². The number of fused-ring (bicyclic) bond motifs is 1. The Morgan fingerprint density at radius 2 is 1.78 bits per heavy atom. The third kappa shape index (κ3) is 4.25. The molecular formula is C22H27N3O2. The van der Waals surface area contributed by atoms with Gasteiger partial charge in [-0.25, -0.2) is 0 Å². The number of nitrogens with one attached hydrogen (secondary N) is 1. The van der Waals surface area contributed by atoms with Gasteiger partial charge >= 0.3 is 0 Å². The van der Waals surface area contributed by atoms with E-state index in [4.69, 9.17) is 4.74 Å². The number of amides is 1. The minimum absolute atomic E-state index is 0.0890. The highest BCUT2D eigenvalue weighted by Crippen LogP contribution is 2.31. The number of benzene rings is 2. The first-order chi connectivity index (χ1) is 13.2. The molecule has 1 amide bonds. The number of nitrogens with zero attached hydrogens (tertiary/aromatic N) is 2. The van der Waals surface area contributed by atoms with E-state index in [1.165, 1.54) is 11.3 Å². The van der Waals surface area contributed by atoms with Gasteiger partial charge in [-0.15, -0.1) is 0 Å². The van der Waals surface area contributed by atoms with Gasteiger partial charge in [0, 0.05) is 56.1 Å². The van der Waals surface area contributed by atoms with Crippen LogP contribution < -0.4 is 15.0 Å². The molecule has 142 valence electrons. The number of piperazine rings is 1. The molecule has 1 saturated heterocycles. The zero-order chi connectivity index (χ0) is 18.6. The summed E-state index contributed by atoms with van der Waals surface area (Å²) in [6.07, 6.45) is 1.29. The zero-order valence-electron chi connectivity index (χ0n) is 15.9. The Bertz CT molecular complexity index is 796. The number of aryl methyl sites for hydroxylation is 1. The summed E-state index contributed by atoms with van der Waals surface area (Å²) in [6.45, 7) is 7.94. The van der Waals surface area contributed by atoms with Crippen LogP contribution in [0.2, 0.25) is 0 Å². The maximum Gasteiger partial charge on any atom is 0.224 e. The van der Waals surface area contributed by atoms with Gasteiger partial charge in [0.1, 0.15) is 12.4 Å². The predicted octanol–water partition coefficient (Wildman–Crippen LogP) is 3.08. The minimum Gasteiger partial charge on any atom is -0.492 e. The molecule has 2 aliphatic heterocycles. The molecular weight excluding hydrogens is 338 g/mol. The summed E-state index contributed by atoms with van der Waals surface area (Å²) < 4.78 is 6.06. The second kappa shape index (κ2) is 8.01. The first-order valence-electron chi connectivity index (χ1n) is 9.77. The first kappa shape index (κ1) is 17.9. The van der Waals surface area contributed by atoms with Crippen LogP contribution in [-0.4, -0.2) is 50.1 Å². The second-order valence-electron chi connectivity index (χ2n) is 7.34. The van der Waals surface area contributed by atoms with Crippen LogP contribution in [0.3, 0.4) is 0 Å². The third-order valence-corrected chi connectivity index (χ3v) is 5.45. The van der Waals surface area contributed by atoms with Crippen LogP contribution in [0.4, 0.5) is 11.4 Å². The first-order valence-corrected chi connectivity index (χ1v) is 9.77. The molecule has 1 N–H and O–H groups in total. The maximum atomic E-state index is 11.5. The number of hydrogen-bond acceptors (Lipinski definition) is 4. The zero-order valence-corrected chi connectivity index (χ0v) is 15.9. The van der Waals surface area contributed by atoms with Gasteiger partial charge in [0.15, 0.2) is 0 Å². The largest absolute Gasteiger partial charge is 0.492 e. The van der Waals surface area contributed by atoms with Crippen LogP contribution >= 0.6 is 0 Å². The summed E-state index contributed by atoms with van der Waals surface area (Å²) >= 11 is 0. The number of hydrogen-bond donors (Lipinski definition) is 1. The molecule has 0 aromatic heterocycles. The number of ether oxygens (including phenoxy) is 1. The minimum atomic E-state index is 0.0890. The van der Waals surface area contributed by atoms with Crippen LogP contribution in [-0.2, 0) is 11.2 Å². The molecule has 0 bridgehead atoms. The molecule has 5 heteroatoms. The van der Waals surface area contributed by atoms with Crippen molar-refractivity contribution in [1.29, 1.82) is 0 Å². The summed E-state index contributed by atoms with van der Waals surface area (Å²) in [5.41, 5.74) is 4.64. The average Bonchev–Trinajstić information content (AvgIpc) is 2.69. The Morgan fingerprint density at radius 3 is 2.56 bits per heavy atom. The second-order valence-corrected chi connectivity index (χ2v) is 7.34. The van der Waals surface area contributed by atoms with Crippen LogP contribution in [0.1, 0.15) is 17.5 Å². The molecule has 4 rings (SSSR count). The number of carbonyl (C=O) groups is 1. The van der Waals surface area contributed by atoms with E-state index in [2.05, 4.69) is 46.3 Å². The normalized spacial score (nSPS) is 17.4. The predicted molar refractivity (Wildman–Crippen MR) is 109 cm³/mol. The van der Waals surface area contributed by atoms with Crippen LogP contribution in [0, 0.1) is 6.92 Å². The summed E-state index contributed by atoms with van der Waals surface area (Å²) in [6, 6.07) is 14.7. The molecule has 2 heterocycles. The van der Waals surface area contributed by atoms with Crippen LogP contribution in [0.5, 0.6) is 5.75 Å². The average molecular weight is 365 g/mol. The van der Waals surface area contributed by atoms with Gasteiger partial charge in [-0.2, -0.15) is 0 Å². The molecule has 0 unspecified atom stereocenters. The smallest absolute Gasteiger partial charge is 0.224 e. The molecule has 2 aliphatic rings. The molecule has 1 fully saturated rings. The summed E-state index contributed by atoms with van der Waals surface area (Å²) in [5.74, 6) is 0.997. The van der Waals surface area contributed by atoms with Crippen molar-refractivity contribution >= 4 is 17.3 Å². The Hall–Kier alpha value is -2.53. The van der Waals surface area contributed by atoms with Gasteiger partial charge in [-0.05, 0) is 37.6 Å². The molecule has 27 heavy (non-hydrogen) atoms. The maximum absolute atomic E-state index is 11.5. The molecule has 0 spiro atoms. The molecule has 0 radical (unpaired) electrons. The fraction of sp³-hybridized carbons (Fsp3) is 0.409. The van der Waals surface area contributed by atoms with Gasteiger partial charge in [0.2, 0.25) is 5.91 Å². The van der Waals surface area contributed by atoms with Crippen molar-refractivity contribution in [3.8, 4) is 5.75 Å². The third-order valence-electron chi connectivity index (χ3n) is 5.45. The van der Waals surface area contributed by atoms with Crippen molar-refractivity contribution in [2.24, 2.45) is 0 Å². The number of carbonyl (C=O) groups excluding carboxylic acids is 1.